The van der Waals surface area contributed by atoms with E-state index in [0.717, 1.165) is 27.9 Å². The van der Waals surface area contributed by atoms with Crippen molar-refractivity contribution in [2.24, 2.45) is 0 Å². The van der Waals surface area contributed by atoms with Crippen molar-refractivity contribution >= 4 is 29.3 Å². The smallest absolute Gasteiger partial charge is 0.232 e. The number of hydrogen-bond donors (Lipinski definition) is 2. The SMILES string of the molecule is Cc1ccccc1-n1c(C)nnc1SCc1nc(N)nc(Nc2ccccc2)n1. The summed E-state index contributed by atoms with van der Waals surface area (Å²) < 4.78 is 2.04. The lowest BCUT2D eigenvalue weighted by atomic mass is 10.2. The van der Waals surface area contributed by atoms with E-state index in [1.165, 1.54) is 11.8 Å². The van der Waals surface area contributed by atoms with E-state index in [-0.39, 0.29) is 5.95 Å². The van der Waals surface area contributed by atoms with E-state index in [0.29, 0.717) is 17.5 Å². The molecule has 8 nitrogen and oxygen atoms in total. The molecule has 0 saturated carbocycles. The molecule has 0 amide bonds. The molecule has 0 radical (unpaired) electrons. The molecule has 0 spiro atoms. The van der Waals surface area contributed by atoms with Gasteiger partial charge in [0.25, 0.3) is 0 Å². The minimum atomic E-state index is 0.172. The Hall–Kier alpha value is -3.46. The highest BCUT2D eigenvalue weighted by Gasteiger charge is 2.14. The third kappa shape index (κ3) is 4.35. The number of nitrogens with one attached hydrogen (secondary N) is 1. The maximum absolute atomic E-state index is 5.88. The number of hydrogen-bond acceptors (Lipinski definition) is 8. The maximum atomic E-state index is 5.88. The van der Waals surface area contributed by atoms with Gasteiger partial charge in [-0.1, -0.05) is 48.2 Å². The molecule has 2 aromatic carbocycles. The van der Waals surface area contributed by atoms with Gasteiger partial charge in [0.2, 0.25) is 11.9 Å². The molecule has 0 saturated heterocycles. The van der Waals surface area contributed by atoms with E-state index in [9.17, 15) is 0 Å². The van der Waals surface area contributed by atoms with Crippen molar-refractivity contribution in [3.05, 3.63) is 71.8 Å². The molecular weight excluding hydrogens is 384 g/mol. The van der Waals surface area contributed by atoms with Crippen LogP contribution in [0.5, 0.6) is 0 Å². The molecule has 0 aliphatic heterocycles. The normalized spacial score (nSPS) is 10.8. The van der Waals surface area contributed by atoms with Crippen LogP contribution < -0.4 is 11.1 Å². The second-order valence-electron chi connectivity index (χ2n) is 6.36. The molecule has 0 aliphatic rings. The first-order chi connectivity index (χ1) is 14.1. The zero-order valence-corrected chi connectivity index (χ0v) is 16.9. The van der Waals surface area contributed by atoms with Crippen LogP contribution in [0.4, 0.5) is 17.6 Å². The topological polar surface area (TPSA) is 107 Å². The molecule has 0 bridgehead atoms. The first-order valence-corrected chi connectivity index (χ1v) is 10.0. The highest BCUT2D eigenvalue weighted by molar-refractivity contribution is 7.98. The average molecular weight is 405 g/mol. The Morgan fingerprint density at radius 1 is 0.931 bits per heavy atom. The maximum Gasteiger partial charge on any atom is 0.232 e. The van der Waals surface area contributed by atoms with Crippen LogP contribution in [-0.2, 0) is 5.75 Å². The monoisotopic (exact) mass is 404 g/mol. The number of para-hydroxylation sites is 2. The Bertz CT molecular complexity index is 1130. The van der Waals surface area contributed by atoms with Gasteiger partial charge in [-0.25, -0.2) is 0 Å². The summed E-state index contributed by atoms with van der Waals surface area (Å²) in [5.41, 5.74) is 8.97. The predicted molar refractivity (Wildman–Crippen MR) is 114 cm³/mol. The Morgan fingerprint density at radius 3 is 2.48 bits per heavy atom. The van der Waals surface area contributed by atoms with Crippen LogP contribution in [0.1, 0.15) is 17.2 Å². The molecule has 0 unspecified atom stereocenters. The van der Waals surface area contributed by atoms with Gasteiger partial charge in [0, 0.05) is 5.69 Å². The highest BCUT2D eigenvalue weighted by atomic mass is 32.2. The van der Waals surface area contributed by atoms with Gasteiger partial charge in [0.1, 0.15) is 11.6 Å². The molecule has 146 valence electrons. The van der Waals surface area contributed by atoms with Gasteiger partial charge < -0.3 is 11.1 Å². The molecule has 2 aromatic heterocycles. The molecule has 9 heteroatoms. The van der Waals surface area contributed by atoms with Crippen molar-refractivity contribution in [3.8, 4) is 5.69 Å². The van der Waals surface area contributed by atoms with Gasteiger partial charge in [0.05, 0.1) is 11.4 Å². The fourth-order valence-electron chi connectivity index (χ4n) is 2.87. The standard InChI is InChI=1S/C20H20N8S/c1-13-8-6-7-11-16(13)28-14(2)26-27-20(28)29-12-17-23-18(21)25-19(24-17)22-15-9-4-3-5-10-15/h3-11H,12H2,1-2H3,(H3,21,22,23,24,25). The molecule has 3 N–H and O–H groups in total. The summed E-state index contributed by atoms with van der Waals surface area (Å²) in [6, 6.07) is 17.8. The molecular formula is C20H20N8S. The summed E-state index contributed by atoms with van der Waals surface area (Å²) in [4.78, 5) is 12.9. The van der Waals surface area contributed by atoms with Crippen LogP contribution in [0.2, 0.25) is 0 Å². The van der Waals surface area contributed by atoms with E-state index in [1.807, 2.05) is 54.0 Å². The molecule has 2 heterocycles. The van der Waals surface area contributed by atoms with Gasteiger partial charge in [-0.05, 0) is 37.6 Å². The summed E-state index contributed by atoms with van der Waals surface area (Å²) in [6.45, 7) is 4.00. The van der Waals surface area contributed by atoms with E-state index < -0.39 is 0 Å². The number of benzene rings is 2. The quantitative estimate of drug-likeness (QED) is 0.469. The summed E-state index contributed by atoms with van der Waals surface area (Å²) in [5.74, 6) is 2.46. The van der Waals surface area contributed by atoms with Crippen molar-refractivity contribution in [2.45, 2.75) is 24.8 Å². The summed E-state index contributed by atoms with van der Waals surface area (Å²) in [6.07, 6.45) is 0. The Kier molecular flexibility index (Phi) is 5.39. The number of thioether (sulfide) groups is 1. The lowest BCUT2D eigenvalue weighted by Crippen LogP contribution is -2.07. The first-order valence-electron chi connectivity index (χ1n) is 9.03. The third-order valence-corrected chi connectivity index (χ3v) is 5.14. The largest absolute Gasteiger partial charge is 0.368 e. The number of nitrogens with zero attached hydrogens (tertiary/aromatic N) is 6. The summed E-state index contributed by atoms with van der Waals surface area (Å²) in [7, 11) is 0. The van der Waals surface area contributed by atoms with Crippen LogP contribution in [0.15, 0.2) is 59.8 Å². The van der Waals surface area contributed by atoms with Gasteiger partial charge >= 0.3 is 0 Å². The van der Waals surface area contributed by atoms with Gasteiger partial charge in [-0.2, -0.15) is 15.0 Å². The van der Waals surface area contributed by atoms with Gasteiger partial charge in [0.15, 0.2) is 5.16 Å². The van der Waals surface area contributed by atoms with Crippen LogP contribution in [0, 0.1) is 13.8 Å². The van der Waals surface area contributed by atoms with Crippen molar-refractivity contribution in [1.29, 1.82) is 0 Å². The van der Waals surface area contributed by atoms with E-state index in [2.05, 4.69) is 49.5 Å². The number of nitrogens with two attached hydrogens (primary N) is 1. The van der Waals surface area contributed by atoms with Crippen molar-refractivity contribution in [1.82, 2.24) is 29.7 Å². The number of aromatic nitrogens is 6. The Balaban J connectivity index is 1.55. The molecule has 4 rings (SSSR count). The number of rotatable bonds is 6. The minimum Gasteiger partial charge on any atom is -0.368 e. The van der Waals surface area contributed by atoms with Crippen LogP contribution in [0.25, 0.3) is 5.69 Å². The van der Waals surface area contributed by atoms with Crippen LogP contribution in [0.3, 0.4) is 0 Å². The van der Waals surface area contributed by atoms with Crippen LogP contribution in [-0.4, -0.2) is 29.7 Å². The van der Waals surface area contributed by atoms with Crippen molar-refractivity contribution in [2.75, 3.05) is 11.1 Å². The Morgan fingerprint density at radius 2 is 1.69 bits per heavy atom. The molecule has 0 aliphatic carbocycles. The Labute approximate surface area is 172 Å². The highest BCUT2D eigenvalue weighted by Crippen LogP contribution is 2.26. The van der Waals surface area contributed by atoms with E-state index in [1.54, 1.807) is 0 Å². The minimum absolute atomic E-state index is 0.172. The van der Waals surface area contributed by atoms with Crippen molar-refractivity contribution in [3.63, 3.8) is 0 Å². The number of nitrogen functional groups attached to an aromatic ring is 1. The fraction of sp³-hybridized carbons (Fsp3) is 0.150. The van der Waals surface area contributed by atoms with Gasteiger partial charge in [-0.3, -0.25) is 4.57 Å². The number of anilines is 3. The fourth-order valence-corrected chi connectivity index (χ4v) is 3.71. The third-order valence-electron chi connectivity index (χ3n) is 4.21. The van der Waals surface area contributed by atoms with E-state index >= 15 is 0 Å². The summed E-state index contributed by atoms with van der Waals surface area (Å²) >= 11 is 1.50. The van der Waals surface area contributed by atoms with Crippen LogP contribution >= 0.6 is 11.8 Å². The zero-order chi connectivity index (χ0) is 20.2. The molecule has 0 atom stereocenters. The van der Waals surface area contributed by atoms with Gasteiger partial charge in [-0.15, -0.1) is 10.2 Å². The summed E-state index contributed by atoms with van der Waals surface area (Å²) in [5, 5.41) is 12.5. The second kappa shape index (κ2) is 8.27. The molecule has 29 heavy (non-hydrogen) atoms. The predicted octanol–water partition coefficient (Wildman–Crippen LogP) is 3.69. The second-order valence-corrected chi connectivity index (χ2v) is 7.31. The lowest BCUT2D eigenvalue weighted by molar-refractivity contribution is 0.859. The average Bonchev–Trinajstić information content (AvgIpc) is 3.07. The van der Waals surface area contributed by atoms with E-state index in [4.69, 9.17) is 5.73 Å². The molecule has 0 fully saturated rings. The molecule has 4 aromatic rings. The zero-order valence-electron chi connectivity index (χ0n) is 16.1. The number of aryl methyl sites for hydroxylation is 2. The first kappa shape index (κ1) is 18.9. The van der Waals surface area contributed by atoms with Crippen molar-refractivity contribution < 1.29 is 0 Å². The lowest BCUT2D eigenvalue weighted by Gasteiger charge is -2.11.